The molecule has 1 aliphatic carbocycles. The largest absolute Gasteiger partial charge is 0.381 e. The van der Waals surface area contributed by atoms with E-state index >= 15 is 0 Å². The third kappa shape index (κ3) is 4.86. The number of benzene rings is 1. The van der Waals surface area contributed by atoms with Crippen LogP contribution in [0.25, 0.3) is 0 Å². The normalized spacial score (nSPS) is 35.3. The number of fused-ring (bicyclic) bond motifs is 1. The predicted octanol–water partition coefficient (Wildman–Crippen LogP) is 3.82. The fourth-order valence-corrected chi connectivity index (χ4v) is 6.53. The van der Waals surface area contributed by atoms with Crippen LogP contribution in [0.15, 0.2) is 34.0 Å². The van der Waals surface area contributed by atoms with Gasteiger partial charge >= 0.3 is 0 Å². The second kappa shape index (κ2) is 10.1. The summed E-state index contributed by atoms with van der Waals surface area (Å²) >= 11 is 6.68. The molecule has 1 unspecified atom stereocenters. The SMILES string of the molecule is Cc1cc(C)c(N=C2NC3=CNC(=N[C@@H]4CCOC[C@H]4C)NC3(C)N2C2CCC(C)(C(N)=O)CC2)c(Cl)c1. The zero-order valence-electron chi connectivity index (χ0n) is 23.0. The number of carbonyl (C=O) groups is 1. The average molecular weight is 542 g/mol. The van der Waals surface area contributed by atoms with Crippen LogP contribution in [-0.2, 0) is 9.53 Å². The number of guanidine groups is 2. The van der Waals surface area contributed by atoms with Crippen molar-refractivity contribution in [1.82, 2.24) is 20.9 Å². The summed E-state index contributed by atoms with van der Waals surface area (Å²) in [5, 5.41) is 11.2. The standard InChI is InChI=1S/C28H40ClN7O2/c1-16-12-17(2)23(20(29)13-16)34-26-33-22-14-31-25(32-21-8-11-38-15-18(21)3)35-28(22,5)36(26)19-6-9-27(4,10-7-19)24(30)37/h12-14,18-19,21H,6-11,15H2,1-5H3,(H2,30,37)(H,33,34)(H2,31,32,35)/t18-,19?,21-,27?,28?/m1/s1. The Balaban J connectivity index is 1.51. The first-order chi connectivity index (χ1) is 18.0. The Bertz CT molecular complexity index is 1180. The lowest BCUT2D eigenvalue weighted by molar-refractivity contribution is -0.129. The second-order valence-electron chi connectivity index (χ2n) is 11.8. The lowest BCUT2D eigenvalue weighted by Crippen LogP contribution is -2.64. The van der Waals surface area contributed by atoms with E-state index in [2.05, 4.69) is 40.8 Å². The van der Waals surface area contributed by atoms with E-state index in [0.717, 1.165) is 79.7 Å². The van der Waals surface area contributed by atoms with Crippen molar-refractivity contribution in [3.63, 3.8) is 0 Å². The highest BCUT2D eigenvalue weighted by Gasteiger charge is 2.52. The Morgan fingerprint density at radius 2 is 1.95 bits per heavy atom. The van der Waals surface area contributed by atoms with Crippen molar-refractivity contribution < 1.29 is 9.53 Å². The summed E-state index contributed by atoms with van der Waals surface area (Å²) in [6.07, 6.45) is 5.98. The molecule has 206 valence electrons. The number of hydrogen-bond acceptors (Lipinski definition) is 4. The fraction of sp³-hybridized carbons (Fsp3) is 0.607. The van der Waals surface area contributed by atoms with Gasteiger partial charge in [0.15, 0.2) is 11.6 Å². The number of primary amides is 1. The van der Waals surface area contributed by atoms with Crippen LogP contribution in [0.3, 0.4) is 0 Å². The second-order valence-corrected chi connectivity index (χ2v) is 12.2. The average Bonchev–Trinajstić information content (AvgIpc) is 3.14. The van der Waals surface area contributed by atoms with E-state index in [1.54, 1.807) is 0 Å². The summed E-state index contributed by atoms with van der Waals surface area (Å²) in [6, 6.07) is 4.37. The maximum atomic E-state index is 12.2. The molecule has 3 atom stereocenters. The zero-order valence-corrected chi connectivity index (χ0v) is 23.8. The molecule has 2 saturated heterocycles. The quantitative estimate of drug-likeness (QED) is 0.460. The molecule has 1 aromatic rings. The minimum Gasteiger partial charge on any atom is -0.381 e. The maximum absolute atomic E-state index is 12.2. The van der Waals surface area contributed by atoms with Crippen LogP contribution >= 0.6 is 11.6 Å². The number of amides is 1. The van der Waals surface area contributed by atoms with Crippen molar-refractivity contribution in [2.45, 2.75) is 84.5 Å². The highest BCUT2D eigenvalue weighted by Crippen LogP contribution is 2.42. The number of nitrogens with zero attached hydrogens (tertiary/aromatic N) is 3. The molecular formula is C28H40ClN7O2. The molecule has 5 N–H and O–H groups in total. The summed E-state index contributed by atoms with van der Waals surface area (Å²) in [5.74, 6) is 1.60. The van der Waals surface area contributed by atoms with Crippen molar-refractivity contribution in [1.29, 1.82) is 0 Å². The molecule has 1 aromatic carbocycles. The van der Waals surface area contributed by atoms with Crippen molar-refractivity contribution in [2.24, 2.45) is 27.1 Å². The van der Waals surface area contributed by atoms with E-state index in [1.807, 2.05) is 33.0 Å². The van der Waals surface area contributed by atoms with Gasteiger partial charge in [0.2, 0.25) is 11.9 Å². The number of aliphatic imine (C=N–C) groups is 2. The van der Waals surface area contributed by atoms with Crippen LogP contribution in [0.2, 0.25) is 5.02 Å². The van der Waals surface area contributed by atoms with Gasteiger partial charge in [-0.3, -0.25) is 4.79 Å². The molecule has 9 nitrogen and oxygen atoms in total. The van der Waals surface area contributed by atoms with Crippen LogP contribution in [0, 0.1) is 25.2 Å². The van der Waals surface area contributed by atoms with Gasteiger partial charge in [-0.15, -0.1) is 0 Å². The molecule has 1 amide bonds. The van der Waals surface area contributed by atoms with Crippen LogP contribution in [0.5, 0.6) is 0 Å². The molecule has 3 heterocycles. The summed E-state index contributed by atoms with van der Waals surface area (Å²) in [6.45, 7) is 11.8. The first-order valence-corrected chi connectivity index (χ1v) is 14.0. The lowest BCUT2D eigenvalue weighted by atomic mass is 9.73. The number of halogens is 1. The molecule has 1 saturated carbocycles. The zero-order chi connectivity index (χ0) is 27.2. The Morgan fingerprint density at radius 1 is 1.21 bits per heavy atom. The van der Waals surface area contributed by atoms with Crippen molar-refractivity contribution >= 4 is 35.1 Å². The Hall–Kier alpha value is -2.78. The Labute approximate surface area is 230 Å². The topological polar surface area (TPSA) is 116 Å². The Morgan fingerprint density at radius 3 is 2.61 bits per heavy atom. The van der Waals surface area contributed by atoms with Gasteiger partial charge in [-0.2, -0.15) is 0 Å². The van der Waals surface area contributed by atoms with Crippen molar-refractivity contribution in [2.75, 3.05) is 13.2 Å². The van der Waals surface area contributed by atoms with Gasteiger partial charge in [-0.25, -0.2) is 9.98 Å². The highest BCUT2D eigenvalue weighted by atomic mass is 35.5. The number of hydrogen-bond donors (Lipinski definition) is 4. The molecule has 5 rings (SSSR count). The van der Waals surface area contributed by atoms with E-state index in [4.69, 9.17) is 32.1 Å². The van der Waals surface area contributed by atoms with Crippen LogP contribution < -0.4 is 21.7 Å². The molecule has 3 fully saturated rings. The monoisotopic (exact) mass is 541 g/mol. The molecule has 38 heavy (non-hydrogen) atoms. The first-order valence-electron chi connectivity index (χ1n) is 13.6. The molecular weight excluding hydrogens is 502 g/mol. The van der Waals surface area contributed by atoms with Crippen molar-refractivity contribution in [3.8, 4) is 0 Å². The summed E-state index contributed by atoms with van der Waals surface area (Å²) in [5.41, 5.74) is 8.51. The van der Waals surface area contributed by atoms with E-state index in [9.17, 15) is 4.79 Å². The predicted molar refractivity (Wildman–Crippen MR) is 151 cm³/mol. The number of nitrogens with two attached hydrogens (primary N) is 1. The van der Waals surface area contributed by atoms with E-state index in [0.29, 0.717) is 10.9 Å². The minimum absolute atomic E-state index is 0.142. The van der Waals surface area contributed by atoms with Gasteiger partial charge in [0.25, 0.3) is 0 Å². The maximum Gasteiger partial charge on any atom is 0.223 e. The van der Waals surface area contributed by atoms with Gasteiger partial charge in [-0.1, -0.05) is 31.5 Å². The van der Waals surface area contributed by atoms with E-state index in [1.165, 1.54) is 0 Å². The number of carbonyl (C=O) groups excluding carboxylic acids is 1. The lowest BCUT2D eigenvalue weighted by Gasteiger charge is -2.46. The molecule has 0 bridgehead atoms. The summed E-state index contributed by atoms with van der Waals surface area (Å²) in [4.78, 5) is 24.6. The molecule has 3 aliphatic heterocycles. The van der Waals surface area contributed by atoms with Crippen LogP contribution in [-0.4, -0.2) is 53.7 Å². The molecule has 0 spiro atoms. The number of aryl methyl sites for hydroxylation is 2. The first kappa shape index (κ1) is 26.8. The van der Waals surface area contributed by atoms with E-state index < -0.39 is 11.1 Å². The molecule has 4 aliphatic rings. The molecule has 10 heteroatoms. The fourth-order valence-electron chi connectivity index (χ4n) is 6.17. The van der Waals surface area contributed by atoms with E-state index in [-0.39, 0.29) is 18.0 Å². The summed E-state index contributed by atoms with van der Waals surface area (Å²) in [7, 11) is 0. The van der Waals surface area contributed by atoms with Gasteiger partial charge in [-0.05, 0) is 70.1 Å². The number of nitrogens with one attached hydrogen (secondary N) is 3. The van der Waals surface area contributed by atoms with Gasteiger partial charge in [0.05, 0.1) is 29.1 Å². The number of rotatable bonds is 4. The smallest absolute Gasteiger partial charge is 0.223 e. The van der Waals surface area contributed by atoms with Gasteiger partial charge < -0.3 is 31.3 Å². The van der Waals surface area contributed by atoms with Gasteiger partial charge in [0.1, 0.15) is 0 Å². The van der Waals surface area contributed by atoms with Crippen LogP contribution in [0.4, 0.5) is 5.69 Å². The van der Waals surface area contributed by atoms with Gasteiger partial charge in [0, 0.05) is 30.2 Å². The third-order valence-electron chi connectivity index (χ3n) is 8.72. The Kier molecular flexibility index (Phi) is 7.11. The number of ether oxygens (including phenoxy) is 1. The minimum atomic E-state index is -0.604. The highest BCUT2D eigenvalue weighted by molar-refractivity contribution is 6.33. The molecule has 0 radical (unpaired) electrons. The van der Waals surface area contributed by atoms with Crippen LogP contribution in [0.1, 0.15) is 64.0 Å². The third-order valence-corrected chi connectivity index (χ3v) is 9.01. The van der Waals surface area contributed by atoms with Crippen molar-refractivity contribution in [3.05, 3.63) is 40.2 Å². The molecule has 0 aromatic heterocycles. The summed E-state index contributed by atoms with van der Waals surface area (Å²) < 4.78 is 5.62.